The number of alkyl halides is 3. The van der Waals surface area contributed by atoms with Crippen LogP contribution in [-0.2, 0) is 6.18 Å². The van der Waals surface area contributed by atoms with E-state index in [9.17, 15) is 18.0 Å². The lowest BCUT2D eigenvalue weighted by molar-refractivity contribution is -0.137. The Bertz CT molecular complexity index is 907. The van der Waals surface area contributed by atoms with Gasteiger partial charge in [-0.1, -0.05) is 6.07 Å². The first-order chi connectivity index (χ1) is 15.4. The zero-order valence-electron chi connectivity index (χ0n) is 17.8. The summed E-state index contributed by atoms with van der Waals surface area (Å²) in [6, 6.07) is 5.31. The maximum absolute atomic E-state index is 12.9. The number of nitrogens with one attached hydrogen (secondary N) is 2. The molecule has 4 rings (SSSR count). The molecule has 1 aliphatic heterocycles. The van der Waals surface area contributed by atoms with E-state index in [0.717, 1.165) is 44.2 Å². The molecule has 174 valence electrons. The van der Waals surface area contributed by atoms with Crippen LogP contribution >= 0.6 is 11.3 Å². The van der Waals surface area contributed by atoms with Gasteiger partial charge in [-0.25, -0.2) is 9.78 Å². The number of rotatable bonds is 8. The number of benzene rings is 1. The van der Waals surface area contributed by atoms with Crippen molar-refractivity contribution in [1.82, 2.24) is 15.2 Å². The highest BCUT2D eigenvalue weighted by atomic mass is 32.1. The van der Waals surface area contributed by atoms with Crippen molar-refractivity contribution < 1.29 is 18.0 Å². The molecule has 0 bridgehead atoms. The monoisotopic (exact) mass is 467 g/mol. The Morgan fingerprint density at radius 3 is 2.66 bits per heavy atom. The lowest BCUT2D eigenvalue weighted by Crippen LogP contribution is -2.46. The topological polar surface area (TPSA) is 60.5 Å². The first-order valence-electron chi connectivity index (χ1n) is 11.0. The molecule has 1 aliphatic carbocycles. The van der Waals surface area contributed by atoms with Crippen LogP contribution in [-0.4, -0.2) is 55.2 Å². The molecule has 0 unspecified atom stereocenters. The molecule has 2 fully saturated rings. The average molecular weight is 468 g/mol. The largest absolute Gasteiger partial charge is 0.416 e. The van der Waals surface area contributed by atoms with Gasteiger partial charge in [-0.2, -0.15) is 13.2 Å². The number of aromatic nitrogens is 1. The molecule has 6 nitrogen and oxygen atoms in total. The molecule has 1 saturated heterocycles. The van der Waals surface area contributed by atoms with Gasteiger partial charge in [0.2, 0.25) is 0 Å². The lowest BCUT2D eigenvalue weighted by atomic mass is 10.1. The number of halogens is 3. The minimum atomic E-state index is -4.32. The molecule has 1 saturated carbocycles. The molecular weight excluding hydrogens is 439 g/mol. The van der Waals surface area contributed by atoms with E-state index in [1.54, 1.807) is 6.07 Å². The minimum absolute atomic E-state index is 0.226. The highest BCUT2D eigenvalue weighted by molar-refractivity contribution is 7.13. The third-order valence-electron chi connectivity index (χ3n) is 5.84. The molecule has 2 amide bonds. The number of carbonyl (C=O) groups excluding carboxylic acids is 1. The Morgan fingerprint density at radius 2 is 1.94 bits per heavy atom. The van der Waals surface area contributed by atoms with Crippen LogP contribution in [0.1, 0.15) is 42.9 Å². The number of hydrogen-bond acceptors (Lipinski definition) is 5. The molecule has 1 aromatic heterocycles. The van der Waals surface area contributed by atoms with Crippen molar-refractivity contribution in [2.24, 2.45) is 0 Å². The fourth-order valence-electron chi connectivity index (χ4n) is 3.82. The molecular formula is C22H28F3N5OS. The van der Waals surface area contributed by atoms with E-state index in [-0.39, 0.29) is 6.03 Å². The van der Waals surface area contributed by atoms with Crippen molar-refractivity contribution >= 4 is 28.2 Å². The van der Waals surface area contributed by atoms with Gasteiger partial charge >= 0.3 is 12.2 Å². The van der Waals surface area contributed by atoms with Gasteiger partial charge in [-0.15, -0.1) is 11.3 Å². The summed E-state index contributed by atoms with van der Waals surface area (Å²) in [5.41, 5.74) is 1.10. The van der Waals surface area contributed by atoms with E-state index in [4.69, 9.17) is 0 Å². The van der Waals surface area contributed by atoms with Crippen LogP contribution in [0.3, 0.4) is 0 Å². The maximum Gasteiger partial charge on any atom is 0.416 e. The second-order valence-corrected chi connectivity index (χ2v) is 9.17. The first-order valence-corrected chi connectivity index (χ1v) is 11.9. The van der Waals surface area contributed by atoms with Crippen LogP contribution in [0.2, 0.25) is 0 Å². The van der Waals surface area contributed by atoms with Gasteiger partial charge in [0.15, 0.2) is 5.13 Å². The summed E-state index contributed by atoms with van der Waals surface area (Å²) < 4.78 is 38.8. The summed E-state index contributed by atoms with van der Waals surface area (Å²) >= 11 is 1.46. The quantitative estimate of drug-likeness (QED) is 0.550. The average Bonchev–Trinajstić information content (AvgIpc) is 3.53. The number of urea groups is 1. The number of anilines is 2. The fraction of sp³-hybridized carbons (Fsp3) is 0.545. The second kappa shape index (κ2) is 10.1. The predicted molar refractivity (Wildman–Crippen MR) is 120 cm³/mol. The van der Waals surface area contributed by atoms with Gasteiger partial charge in [0.25, 0.3) is 0 Å². The maximum atomic E-state index is 12.9. The second-order valence-electron chi connectivity index (χ2n) is 8.32. The third-order valence-corrected chi connectivity index (χ3v) is 6.61. The number of amides is 2. The molecule has 2 N–H and O–H groups in total. The Labute approximate surface area is 189 Å². The van der Waals surface area contributed by atoms with Crippen LogP contribution in [0, 0.1) is 0 Å². The number of nitrogens with zero attached hydrogens (tertiary/aromatic N) is 3. The molecule has 0 radical (unpaired) electrons. The summed E-state index contributed by atoms with van der Waals surface area (Å²) in [5, 5.41) is 8.31. The Kier molecular flexibility index (Phi) is 7.20. The van der Waals surface area contributed by atoms with E-state index < -0.39 is 11.7 Å². The predicted octanol–water partition coefficient (Wildman–Crippen LogP) is 4.76. The minimum Gasteiger partial charge on any atom is -0.369 e. The van der Waals surface area contributed by atoms with Gasteiger partial charge in [0, 0.05) is 49.7 Å². The van der Waals surface area contributed by atoms with Crippen molar-refractivity contribution in [3.8, 4) is 0 Å². The number of thiazole rings is 1. The van der Waals surface area contributed by atoms with Gasteiger partial charge in [0.05, 0.1) is 11.3 Å². The van der Waals surface area contributed by atoms with Gasteiger partial charge < -0.3 is 10.2 Å². The molecule has 0 spiro atoms. The fourth-order valence-corrected chi connectivity index (χ4v) is 4.61. The Hall–Kier alpha value is -2.33. The zero-order valence-corrected chi connectivity index (χ0v) is 18.6. The number of unbranched alkanes of at least 4 members (excludes halogenated alkanes) is 1. The summed E-state index contributed by atoms with van der Waals surface area (Å²) in [7, 11) is 0. The summed E-state index contributed by atoms with van der Waals surface area (Å²) in [6.45, 7) is 4.56. The van der Waals surface area contributed by atoms with Gasteiger partial charge in [-0.05, 0) is 50.4 Å². The van der Waals surface area contributed by atoms with Gasteiger partial charge in [0.1, 0.15) is 0 Å². The standard InChI is InChI=1S/C22H28F3N5OS/c23-22(24,25)17-4-3-5-18(14-17)30-12-10-29(11-13-30)9-2-1-8-26-20(31)28-21-27-19(15-32-21)16-6-7-16/h3-5,14-16H,1-2,6-13H2,(H2,26,27,28,31). The molecule has 32 heavy (non-hydrogen) atoms. The molecule has 0 atom stereocenters. The highest BCUT2D eigenvalue weighted by Crippen LogP contribution is 2.40. The van der Waals surface area contributed by atoms with Gasteiger partial charge in [-0.3, -0.25) is 10.2 Å². The highest BCUT2D eigenvalue weighted by Gasteiger charge is 2.31. The van der Waals surface area contributed by atoms with Crippen LogP contribution < -0.4 is 15.5 Å². The van der Waals surface area contributed by atoms with Crippen LogP contribution in [0.25, 0.3) is 0 Å². The van der Waals surface area contributed by atoms with E-state index in [1.807, 2.05) is 10.3 Å². The van der Waals surface area contributed by atoms with Crippen molar-refractivity contribution in [2.75, 3.05) is 49.5 Å². The number of carbonyl (C=O) groups is 1. The summed E-state index contributed by atoms with van der Waals surface area (Å²) in [5.74, 6) is 0.580. The normalized spacial score (nSPS) is 17.4. The molecule has 2 aromatic rings. The Balaban J connectivity index is 1.10. The molecule has 1 aromatic carbocycles. The molecule has 10 heteroatoms. The first kappa shape index (κ1) is 22.8. The van der Waals surface area contributed by atoms with E-state index in [2.05, 4.69) is 20.5 Å². The van der Waals surface area contributed by atoms with Crippen molar-refractivity contribution in [2.45, 2.75) is 37.8 Å². The smallest absolute Gasteiger partial charge is 0.369 e. The molecule has 2 heterocycles. The van der Waals surface area contributed by atoms with E-state index >= 15 is 0 Å². The van der Waals surface area contributed by atoms with E-state index in [0.29, 0.717) is 36.4 Å². The van der Waals surface area contributed by atoms with E-state index in [1.165, 1.54) is 36.3 Å². The van der Waals surface area contributed by atoms with Crippen molar-refractivity contribution in [3.63, 3.8) is 0 Å². The van der Waals surface area contributed by atoms with Crippen LogP contribution in [0.4, 0.5) is 28.8 Å². The van der Waals surface area contributed by atoms with Crippen LogP contribution in [0.5, 0.6) is 0 Å². The van der Waals surface area contributed by atoms with Crippen LogP contribution in [0.15, 0.2) is 29.6 Å². The Morgan fingerprint density at radius 1 is 1.16 bits per heavy atom. The van der Waals surface area contributed by atoms with Crippen molar-refractivity contribution in [1.29, 1.82) is 0 Å². The summed E-state index contributed by atoms with van der Waals surface area (Å²) in [4.78, 5) is 20.8. The zero-order chi connectivity index (χ0) is 22.6. The SMILES string of the molecule is O=C(NCCCCN1CCN(c2cccc(C(F)(F)F)c2)CC1)Nc1nc(C2CC2)cs1. The number of piperazine rings is 1. The molecule has 2 aliphatic rings. The van der Waals surface area contributed by atoms with Crippen molar-refractivity contribution in [3.05, 3.63) is 40.9 Å². The third kappa shape index (κ3) is 6.35. The number of hydrogen-bond donors (Lipinski definition) is 2. The lowest BCUT2D eigenvalue weighted by Gasteiger charge is -2.36. The summed E-state index contributed by atoms with van der Waals surface area (Å²) in [6.07, 6.45) is -0.118.